The van der Waals surface area contributed by atoms with E-state index < -0.39 is 18.1 Å². The molecule has 1 N–H and O–H groups in total. The van der Waals surface area contributed by atoms with Gasteiger partial charge in [-0.3, -0.25) is 0 Å². The third-order valence-corrected chi connectivity index (χ3v) is 2.69. The summed E-state index contributed by atoms with van der Waals surface area (Å²) < 4.78 is 39.0. The van der Waals surface area contributed by atoms with Crippen molar-refractivity contribution in [3.63, 3.8) is 0 Å². The van der Waals surface area contributed by atoms with Crippen LogP contribution in [0.3, 0.4) is 0 Å². The van der Waals surface area contributed by atoms with Gasteiger partial charge in [0.25, 0.3) is 0 Å². The maximum atomic E-state index is 12.6. The predicted molar refractivity (Wildman–Crippen MR) is 47.2 cm³/mol. The number of hydrogen-bond donors (Lipinski definition) is 1. The van der Waals surface area contributed by atoms with Gasteiger partial charge in [-0.25, -0.2) is 9.78 Å². The first-order valence-electron chi connectivity index (χ1n) is 4.76. The molecule has 1 aromatic heterocycles. The SMILES string of the molecule is O=C(O)c1cnc2n1CCCC2C(F)(F)F. The minimum atomic E-state index is -4.36. The Kier molecular flexibility index (Phi) is 2.40. The largest absolute Gasteiger partial charge is 0.477 e. The van der Waals surface area contributed by atoms with Crippen molar-refractivity contribution in [2.24, 2.45) is 0 Å². The van der Waals surface area contributed by atoms with E-state index in [2.05, 4.69) is 4.98 Å². The fourth-order valence-electron chi connectivity index (χ4n) is 1.97. The number of carboxylic acid groups (broad SMARTS) is 1. The molecular formula is C9H9F3N2O2. The Balaban J connectivity index is 2.45. The molecule has 0 aromatic carbocycles. The van der Waals surface area contributed by atoms with E-state index in [4.69, 9.17) is 5.11 Å². The smallest absolute Gasteiger partial charge is 0.398 e. The first kappa shape index (κ1) is 11.0. The van der Waals surface area contributed by atoms with Crippen molar-refractivity contribution in [2.45, 2.75) is 31.5 Å². The van der Waals surface area contributed by atoms with E-state index in [-0.39, 0.29) is 24.5 Å². The number of nitrogens with zero attached hydrogens (tertiary/aromatic N) is 2. The second-order valence-corrected chi connectivity index (χ2v) is 3.69. The number of aromatic nitrogens is 2. The molecule has 2 rings (SSSR count). The molecule has 1 aliphatic rings. The van der Waals surface area contributed by atoms with Crippen molar-refractivity contribution < 1.29 is 23.1 Å². The number of carbonyl (C=O) groups is 1. The van der Waals surface area contributed by atoms with E-state index in [1.807, 2.05) is 0 Å². The second-order valence-electron chi connectivity index (χ2n) is 3.69. The lowest BCUT2D eigenvalue weighted by atomic mass is 9.98. The van der Waals surface area contributed by atoms with Crippen LogP contribution in [0.5, 0.6) is 0 Å². The molecule has 0 bridgehead atoms. The summed E-state index contributed by atoms with van der Waals surface area (Å²) in [5, 5.41) is 8.78. The standard InChI is InChI=1S/C9H9F3N2O2/c10-9(11,12)5-2-1-3-14-6(8(15)16)4-13-7(5)14/h4-5H,1-3H2,(H,15,16). The molecular weight excluding hydrogens is 225 g/mol. The minimum Gasteiger partial charge on any atom is -0.477 e. The fraction of sp³-hybridized carbons (Fsp3) is 0.556. The van der Waals surface area contributed by atoms with Crippen molar-refractivity contribution >= 4 is 5.97 Å². The van der Waals surface area contributed by atoms with Gasteiger partial charge in [-0.1, -0.05) is 0 Å². The molecule has 2 heterocycles. The molecule has 0 radical (unpaired) electrons. The zero-order chi connectivity index (χ0) is 11.9. The highest BCUT2D eigenvalue weighted by molar-refractivity contribution is 5.85. The number of rotatable bonds is 1. The summed E-state index contributed by atoms with van der Waals surface area (Å²) in [6.07, 6.45) is -3.09. The Labute approximate surface area is 88.7 Å². The minimum absolute atomic E-state index is 0.0282. The van der Waals surface area contributed by atoms with E-state index in [9.17, 15) is 18.0 Å². The van der Waals surface area contributed by atoms with Crippen LogP contribution in [0.1, 0.15) is 35.1 Å². The number of fused-ring (bicyclic) bond motifs is 1. The summed E-state index contributed by atoms with van der Waals surface area (Å²) in [6, 6.07) is 0. The van der Waals surface area contributed by atoms with E-state index in [0.29, 0.717) is 6.42 Å². The van der Waals surface area contributed by atoms with Crippen LogP contribution < -0.4 is 0 Å². The average molecular weight is 234 g/mol. The number of halogens is 3. The second kappa shape index (κ2) is 3.50. The molecule has 4 nitrogen and oxygen atoms in total. The topological polar surface area (TPSA) is 55.1 Å². The van der Waals surface area contributed by atoms with Crippen LogP contribution in [0.25, 0.3) is 0 Å². The Morgan fingerprint density at radius 3 is 2.81 bits per heavy atom. The van der Waals surface area contributed by atoms with Crippen LogP contribution in [-0.2, 0) is 6.54 Å². The summed E-state index contributed by atoms with van der Waals surface area (Å²) in [4.78, 5) is 14.3. The van der Waals surface area contributed by atoms with Crippen LogP contribution in [-0.4, -0.2) is 26.8 Å². The molecule has 1 unspecified atom stereocenters. The normalized spacial score (nSPS) is 20.6. The Morgan fingerprint density at radius 1 is 1.56 bits per heavy atom. The van der Waals surface area contributed by atoms with Gasteiger partial charge in [0, 0.05) is 6.54 Å². The monoisotopic (exact) mass is 234 g/mol. The van der Waals surface area contributed by atoms with Gasteiger partial charge >= 0.3 is 12.1 Å². The van der Waals surface area contributed by atoms with E-state index in [1.54, 1.807) is 0 Å². The van der Waals surface area contributed by atoms with E-state index >= 15 is 0 Å². The van der Waals surface area contributed by atoms with Crippen molar-refractivity contribution in [1.82, 2.24) is 9.55 Å². The van der Waals surface area contributed by atoms with Crippen molar-refractivity contribution in [1.29, 1.82) is 0 Å². The van der Waals surface area contributed by atoms with Crippen molar-refractivity contribution in [3.8, 4) is 0 Å². The number of imidazole rings is 1. The lowest BCUT2D eigenvalue weighted by Crippen LogP contribution is -2.29. The lowest BCUT2D eigenvalue weighted by molar-refractivity contribution is -0.156. The highest BCUT2D eigenvalue weighted by Crippen LogP contribution is 2.40. The summed E-state index contributed by atoms with van der Waals surface area (Å²) in [5.41, 5.74) is -0.177. The van der Waals surface area contributed by atoms with Gasteiger partial charge in [0.1, 0.15) is 17.4 Å². The molecule has 0 fully saturated rings. The number of hydrogen-bond acceptors (Lipinski definition) is 2. The highest BCUT2D eigenvalue weighted by Gasteiger charge is 2.45. The molecule has 1 aromatic rings. The molecule has 1 aliphatic heterocycles. The molecule has 16 heavy (non-hydrogen) atoms. The van der Waals surface area contributed by atoms with Crippen molar-refractivity contribution in [2.75, 3.05) is 0 Å². The molecule has 0 saturated carbocycles. The Morgan fingerprint density at radius 2 is 2.25 bits per heavy atom. The molecule has 7 heteroatoms. The average Bonchev–Trinajstić information content (AvgIpc) is 2.58. The third kappa shape index (κ3) is 1.66. The van der Waals surface area contributed by atoms with Crippen LogP contribution in [0.4, 0.5) is 13.2 Å². The van der Waals surface area contributed by atoms with Gasteiger partial charge in [0.15, 0.2) is 0 Å². The molecule has 0 spiro atoms. The number of aromatic carboxylic acids is 1. The Hall–Kier alpha value is -1.53. The highest BCUT2D eigenvalue weighted by atomic mass is 19.4. The quantitative estimate of drug-likeness (QED) is 0.808. The summed E-state index contributed by atoms with van der Waals surface area (Å²) in [5.74, 6) is -3.08. The molecule has 1 atom stereocenters. The molecule has 0 amide bonds. The summed E-state index contributed by atoms with van der Waals surface area (Å²) >= 11 is 0. The van der Waals surface area contributed by atoms with Crippen LogP contribution in [0.2, 0.25) is 0 Å². The first-order valence-corrected chi connectivity index (χ1v) is 4.76. The van der Waals surface area contributed by atoms with Gasteiger partial charge in [-0.15, -0.1) is 0 Å². The van der Waals surface area contributed by atoms with Crippen LogP contribution >= 0.6 is 0 Å². The van der Waals surface area contributed by atoms with Gasteiger partial charge in [-0.05, 0) is 12.8 Å². The summed E-state index contributed by atoms with van der Waals surface area (Å²) in [6.45, 7) is 0.281. The molecule has 88 valence electrons. The lowest BCUT2D eigenvalue weighted by Gasteiger charge is -2.25. The number of alkyl halides is 3. The summed E-state index contributed by atoms with van der Waals surface area (Å²) in [7, 11) is 0. The molecule has 0 saturated heterocycles. The molecule has 0 aliphatic carbocycles. The third-order valence-electron chi connectivity index (χ3n) is 2.69. The van der Waals surface area contributed by atoms with Gasteiger partial charge < -0.3 is 9.67 Å². The van der Waals surface area contributed by atoms with E-state index in [0.717, 1.165) is 10.8 Å². The van der Waals surface area contributed by atoms with Gasteiger partial charge in [-0.2, -0.15) is 13.2 Å². The maximum absolute atomic E-state index is 12.6. The fourth-order valence-corrected chi connectivity index (χ4v) is 1.97. The van der Waals surface area contributed by atoms with Gasteiger partial charge in [0.05, 0.1) is 6.20 Å². The maximum Gasteiger partial charge on any atom is 0.398 e. The van der Waals surface area contributed by atoms with Gasteiger partial charge in [0.2, 0.25) is 0 Å². The Bertz CT molecular complexity index is 425. The van der Waals surface area contributed by atoms with Crippen molar-refractivity contribution in [3.05, 3.63) is 17.7 Å². The first-order chi connectivity index (χ1) is 7.41. The van der Waals surface area contributed by atoms with Crippen LogP contribution in [0.15, 0.2) is 6.20 Å². The van der Waals surface area contributed by atoms with E-state index in [1.165, 1.54) is 0 Å². The predicted octanol–water partition coefficient (Wildman–Crippen LogP) is 2.02. The van der Waals surface area contributed by atoms with Crippen LogP contribution in [0, 0.1) is 0 Å². The zero-order valence-corrected chi connectivity index (χ0v) is 8.16. The number of carboxylic acids is 1. The zero-order valence-electron chi connectivity index (χ0n) is 8.16.